The third-order valence-corrected chi connectivity index (χ3v) is 5.87. The van der Waals surface area contributed by atoms with Crippen LogP contribution in [0.3, 0.4) is 0 Å². The first-order chi connectivity index (χ1) is 14.0. The highest BCUT2D eigenvalue weighted by molar-refractivity contribution is 7.22. The number of rotatable bonds is 5. The number of ether oxygens (including phenoxy) is 2. The van der Waals surface area contributed by atoms with Crippen LogP contribution in [0.1, 0.15) is 16.8 Å². The van der Waals surface area contributed by atoms with Gasteiger partial charge >= 0.3 is 0 Å². The largest absolute Gasteiger partial charge is 0.496 e. The second-order valence-corrected chi connectivity index (χ2v) is 7.67. The Hall–Kier alpha value is -2.94. The van der Waals surface area contributed by atoms with Crippen LogP contribution in [0.5, 0.6) is 11.5 Å². The van der Waals surface area contributed by atoms with Gasteiger partial charge in [0.2, 0.25) is 0 Å². The second kappa shape index (κ2) is 7.82. The van der Waals surface area contributed by atoms with Crippen LogP contribution >= 0.6 is 11.3 Å². The molecule has 1 aliphatic heterocycles. The van der Waals surface area contributed by atoms with Crippen LogP contribution in [-0.4, -0.2) is 49.1 Å². The van der Waals surface area contributed by atoms with Crippen molar-refractivity contribution in [2.24, 2.45) is 0 Å². The number of hydrogen-bond donors (Lipinski definition) is 1. The maximum absolute atomic E-state index is 13.9. The molecule has 1 saturated heterocycles. The van der Waals surface area contributed by atoms with E-state index in [1.165, 1.54) is 20.3 Å². The molecule has 1 fully saturated rings. The fourth-order valence-corrected chi connectivity index (χ4v) is 4.41. The Bertz CT molecular complexity index is 1050. The number of methoxy groups -OCH3 is 2. The number of amides is 1. The van der Waals surface area contributed by atoms with Crippen molar-refractivity contribution >= 4 is 32.6 Å². The van der Waals surface area contributed by atoms with E-state index >= 15 is 0 Å². The van der Waals surface area contributed by atoms with Gasteiger partial charge in [0.05, 0.1) is 24.4 Å². The number of carbonyl (C=O) groups excluding carboxylic acids is 1. The number of halogens is 2. The first-order valence-corrected chi connectivity index (χ1v) is 9.84. The number of likely N-dealkylation sites (tertiary alicyclic amines) is 1. The van der Waals surface area contributed by atoms with E-state index in [0.29, 0.717) is 46.4 Å². The molecule has 0 radical (unpaired) electrons. The summed E-state index contributed by atoms with van der Waals surface area (Å²) < 4.78 is 38.2. The van der Waals surface area contributed by atoms with Crippen molar-refractivity contribution in [3.05, 3.63) is 47.5 Å². The summed E-state index contributed by atoms with van der Waals surface area (Å²) >= 11 is 1.13. The number of fused-ring (bicyclic) bond motifs is 1. The summed E-state index contributed by atoms with van der Waals surface area (Å²) in [5.74, 6) is -0.558. The molecule has 1 atom stereocenters. The van der Waals surface area contributed by atoms with Gasteiger partial charge in [0.1, 0.15) is 28.7 Å². The van der Waals surface area contributed by atoms with E-state index in [0.717, 1.165) is 17.4 Å². The smallest absolute Gasteiger partial charge is 0.261 e. The number of benzene rings is 2. The number of anilines is 1. The van der Waals surface area contributed by atoms with Crippen LogP contribution in [0.25, 0.3) is 10.2 Å². The van der Waals surface area contributed by atoms with Crippen molar-refractivity contribution in [3.8, 4) is 11.5 Å². The predicted octanol–water partition coefficient (Wildman–Crippen LogP) is 3.92. The summed E-state index contributed by atoms with van der Waals surface area (Å²) in [7, 11) is 3.02. The van der Waals surface area contributed by atoms with Gasteiger partial charge < -0.3 is 19.7 Å². The molecule has 4 rings (SSSR count). The molecule has 2 heterocycles. The summed E-state index contributed by atoms with van der Waals surface area (Å²) in [5, 5.41) is 3.73. The summed E-state index contributed by atoms with van der Waals surface area (Å²) in [5.41, 5.74) is 0.662. The van der Waals surface area contributed by atoms with Crippen molar-refractivity contribution < 1.29 is 23.0 Å². The van der Waals surface area contributed by atoms with Crippen LogP contribution in [-0.2, 0) is 0 Å². The molecule has 3 aromatic rings. The quantitative estimate of drug-likeness (QED) is 0.679. The maximum atomic E-state index is 13.9. The van der Waals surface area contributed by atoms with E-state index in [9.17, 15) is 13.6 Å². The van der Waals surface area contributed by atoms with Crippen LogP contribution in [0, 0.1) is 11.6 Å². The molecule has 9 heteroatoms. The van der Waals surface area contributed by atoms with Gasteiger partial charge in [-0.05, 0) is 18.6 Å². The standard InChI is InChI=1S/C20H19F2N3O3S/c1-27-15-4-3-5-16(28-2)17(15)19(26)25-7-6-12(10-25)23-20-24-14-9-11(21)8-13(22)18(14)29-20/h3-5,8-9,12H,6-7,10H2,1-2H3,(H,23,24)/t12-/m1/s1. The van der Waals surface area contributed by atoms with Crippen molar-refractivity contribution in [2.45, 2.75) is 12.5 Å². The van der Waals surface area contributed by atoms with Crippen molar-refractivity contribution in [2.75, 3.05) is 32.6 Å². The molecule has 1 aromatic heterocycles. The molecule has 152 valence electrons. The highest BCUT2D eigenvalue weighted by Crippen LogP contribution is 2.32. The molecule has 1 N–H and O–H groups in total. The average Bonchev–Trinajstić information content (AvgIpc) is 3.33. The lowest BCUT2D eigenvalue weighted by Gasteiger charge is -2.20. The Morgan fingerprint density at radius 2 is 1.97 bits per heavy atom. The van der Waals surface area contributed by atoms with E-state index in [4.69, 9.17) is 9.47 Å². The van der Waals surface area contributed by atoms with Crippen LogP contribution in [0.2, 0.25) is 0 Å². The molecule has 6 nitrogen and oxygen atoms in total. The third-order valence-electron chi connectivity index (χ3n) is 4.85. The molecule has 0 saturated carbocycles. The van der Waals surface area contributed by atoms with Crippen LogP contribution in [0.15, 0.2) is 30.3 Å². The predicted molar refractivity (Wildman–Crippen MR) is 107 cm³/mol. The first kappa shape index (κ1) is 19.4. The summed E-state index contributed by atoms with van der Waals surface area (Å²) in [6, 6.07) is 7.21. The minimum Gasteiger partial charge on any atom is -0.496 e. The molecule has 29 heavy (non-hydrogen) atoms. The Balaban J connectivity index is 1.50. The first-order valence-electron chi connectivity index (χ1n) is 9.02. The third kappa shape index (κ3) is 3.69. The fraction of sp³-hybridized carbons (Fsp3) is 0.300. The van der Waals surface area contributed by atoms with Gasteiger partial charge in [-0.15, -0.1) is 0 Å². The van der Waals surface area contributed by atoms with Crippen molar-refractivity contribution in [1.82, 2.24) is 9.88 Å². The van der Waals surface area contributed by atoms with Gasteiger partial charge in [-0.2, -0.15) is 0 Å². The van der Waals surface area contributed by atoms with E-state index in [1.54, 1.807) is 23.1 Å². The second-order valence-electron chi connectivity index (χ2n) is 6.67. The summed E-state index contributed by atoms with van der Waals surface area (Å²) in [6.07, 6.45) is 0.704. The minimum atomic E-state index is -0.657. The Kier molecular flexibility index (Phi) is 5.23. The Morgan fingerprint density at radius 1 is 1.24 bits per heavy atom. The average molecular weight is 419 g/mol. The van der Waals surface area contributed by atoms with Gasteiger partial charge in [0.25, 0.3) is 5.91 Å². The lowest BCUT2D eigenvalue weighted by atomic mass is 10.1. The number of carbonyl (C=O) groups is 1. The molecule has 1 aliphatic rings. The number of nitrogens with zero attached hydrogens (tertiary/aromatic N) is 2. The molecule has 0 aliphatic carbocycles. The lowest BCUT2D eigenvalue weighted by molar-refractivity contribution is 0.0784. The highest BCUT2D eigenvalue weighted by Gasteiger charge is 2.31. The molecule has 0 unspecified atom stereocenters. The van der Waals surface area contributed by atoms with Crippen molar-refractivity contribution in [3.63, 3.8) is 0 Å². The normalized spacial score (nSPS) is 16.3. The lowest BCUT2D eigenvalue weighted by Crippen LogP contribution is -2.32. The zero-order valence-corrected chi connectivity index (χ0v) is 16.7. The molecular weight excluding hydrogens is 400 g/mol. The van der Waals surface area contributed by atoms with Gasteiger partial charge in [-0.25, -0.2) is 13.8 Å². The van der Waals surface area contributed by atoms with Gasteiger partial charge in [-0.3, -0.25) is 4.79 Å². The number of thiazole rings is 1. The van der Waals surface area contributed by atoms with E-state index in [1.807, 2.05) is 0 Å². The number of hydrogen-bond acceptors (Lipinski definition) is 6. The Morgan fingerprint density at radius 3 is 2.66 bits per heavy atom. The van der Waals surface area contributed by atoms with E-state index in [-0.39, 0.29) is 17.5 Å². The molecule has 0 spiro atoms. The van der Waals surface area contributed by atoms with Crippen LogP contribution in [0.4, 0.5) is 13.9 Å². The number of aromatic nitrogens is 1. The van der Waals surface area contributed by atoms with Gasteiger partial charge in [0.15, 0.2) is 5.13 Å². The molecule has 2 aromatic carbocycles. The fourth-order valence-electron chi connectivity index (χ4n) is 3.48. The topological polar surface area (TPSA) is 63.7 Å². The zero-order chi connectivity index (χ0) is 20.5. The molecule has 1 amide bonds. The van der Waals surface area contributed by atoms with Crippen molar-refractivity contribution in [1.29, 1.82) is 0 Å². The molecule has 0 bridgehead atoms. The Labute approximate surface area is 170 Å². The van der Waals surface area contributed by atoms with Crippen LogP contribution < -0.4 is 14.8 Å². The zero-order valence-electron chi connectivity index (χ0n) is 15.9. The number of nitrogens with one attached hydrogen (secondary N) is 1. The molecular formula is C20H19F2N3O3S. The van der Waals surface area contributed by atoms with E-state index in [2.05, 4.69) is 10.3 Å². The van der Waals surface area contributed by atoms with E-state index < -0.39 is 11.6 Å². The maximum Gasteiger partial charge on any atom is 0.261 e. The highest BCUT2D eigenvalue weighted by atomic mass is 32.1. The summed E-state index contributed by atoms with van der Waals surface area (Å²) in [6.45, 7) is 0.998. The monoisotopic (exact) mass is 419 g/mol. The van der Waals surface area contributed by atoms with Gasteiger partial charge in [-0.1, -0.05) is 17.4 Å². The summed E-state index contributed by atoms with van der Waals surface area (Å²) in [4.78, 5) is 19.0. The van der Waals surface area contributed by atoms with Gasteiger partial charge in [0, 0.05) is 31.3 Å². The SMILES string of the molecule is COc1cccc(OC)c1C(=O)N1CC[C@@H](Nc2nc3cc(F)cc(F)c3s2)C1. The minimum absolute atomic E-state index is 0.0480.